The number of aliphatic imine (C=N–C) groups is 1. The van der Waals surface area contributed by atoms with Crippen molar-refractivity contribution in [3.05, 3.63) is 52.2 Å². The quantitative estimate of drug-likeness (QED) is 0.307. The average Bonchev–Trinajstić information content (AvgIpc) is 2.99. The summed E-state index contributed by atoms with van der Waals surface area (Å²) in [6, 6.07) is 12.2. The maximum absolute atomic E-state index is 5.80. The van der Waals surface area contributed by atoms with Crippen molar-refractivity contribution in [3.63, 3.8) is 0 Å². The normalized spacial score (nSPS) is 10.9. The molecule has 6 heteroatoms. The van der Waals surface area contributed by atoms with Crippen molar-refractivity contribution in [3.8, 4) is 5.75 Å². The third kappa shape index (κ3) is 7.13. The van der Waals surface area contributed by atoms with Crippen molar-refractivity contribution in [1.29, 1.82) is 0 Å². The average molecular weight is 431 g/mol. The Bertz CT molecular complexity index is 555. The van der Waals surface area contributed by atoms with Crippen LogP contribution in [0.25, 0.3) is 0 Å². The Morgan fingerprint density at radius 2 is 2.05 bits per heavy atom. The lowest BCUT2D eigenvalue weighted by molar-refractivity contribution is 0.322. The summed E-state index contributed by atoms with van der Waals surface area (Å²) in [6.45, 7) is 3.96. The molecule has 0 aliphatic rings. The molecule has 1 heterocycles. The van der Waals surface area contributed by atoms with Gasteiger partial charge < -0.3 is 15.8 Å². The first kappa shape index (κ1) is 18.8. The number of thiophene rings is 1. The zero-order valence-electron chi connectivity index (χ0n) is 12.6. The van der Waals surface area contributed by atoms with Crippen LogP contribution < -0.4 is 15.8 Å². The highest BCUT2D eigenvalue weighted by Gasteiger charge is 1.96. The Labute approximate surface area is 152 Å². The van der Waals surface area contributed by atoms with Crippen molar-refractivity contribution in [1.82, 2.24) is 5.32 Å². The monoisotopic (exact) mass is 431 g/mol. The number of nitrogens with one attached hydrogen (secondary N) is 1. The first-order valence-electron chi connectivity index (χ1n) is 6.99. The third-order valence-corrected chi connectivity index (χ3v) is 3.85. The Kier molecular flexibility index (Phi) is 8.91. The van der Waals surface area contributed by atoms with E-state index in [1.54, 1.807) is 11.3 Å². The van der Waals surface area contributed by atoms with Gasteiger partial charge in [0.1, 0.15) is 12.4 Å². The second-order valence-electron chi connectivity index (χ2n) is 4.68. The molecular formula is C16H22IN3OS. The van der Waals surface area contributed by atoms with Gasteiger partial charge in [-0.25, -0.2) is 0 Å². The van der Waals surface area contributed by atoms with E-state index in [-0.39, 0.29) is 24.0 Å². The van der Waals surface area contributed by atoms with Crippen molar-refractivity contribution in [2.45, 2.75) is 13.3 Å². The Morgan fingerprint density at radius 3 is 2.73 bits per heavy atom. The summed E-state index contributed by atoms with van der Waals surface area (Å²) in [6.07, 6.45) is 0.930. The van der Waals surface area contributed by atoms with Crippen LogP contribution in [-0.2, 0) is 6.42 Å². The van der Waals surface area contributed by atoms with Crippen LogP contribution >= 0.6 is 35.3 Å². The minimum Gasteiger partial charge on any atom is -0.492 e. The summed E-state index contributed by atoms with van der Waals surface area (Å²) >= 11 is 1.74. The molecule has 0 saturated carbocycles. The van der Waals surface area contributed by atoms with E-state index in [2.05, 4.69) is 28.7 Å². The van der Waals surface area contributed by atoms with E-state index in [9.17, 15) is 0 Å². The molecule has 0 saturated heterocycles. The lowest BCUT2D eigenvalue weighted by Crippen LogP contribution is -2.34. The third-order valence-electron chi connectivity index (χ3n) is 2.92. The van der Waals surface area contributed by atoms with E-state index in [0.717, 1.165) is 12.2 Å². The lowest BCUT2D eigenvalue weighted by Gasteiger charge is -2.08. The fraction of sp³-hybridized carbons (Fsp3) is 0.312. The van der Waals surface area contributed by atoms with Crippen LogP contribution in [-0.4, -0.2) is 25.7 Å². The molecule has 3 N–H and O–H groups in total. The predicted molar refractivity (Wildman–Crippen MR) is 105 cm³/mol. The number of hydrogen-bond acceptors (Lipinski definition) is 3. The fourth-order valence-corrected chi connectivity index (χ4v) is 2.48. The molecule has 0 amide bonds. The van der Waals surface area contributed by atoms with Crippen molar-refractivity contribution >= 4 is 41.3 Å². The summed E-state index contributed by atoms with van der Waals surface area (Å²) in [5.74, 6) is 1.34. The number of halogens is 1. The van der Waals surface area contributed by atoms with Crippen molar-refractivity contribution in [2.75, 3.05) is 19.7 Å². The number of benzene rings is 1. The van der Waals surface area contributed by atoms with Gasteiger partial charge in [-0.2, -0.15) is 0 Å². The zero-order chi connectivity index (χ0) is 14.9. The number of nitrogens with zero attached hydrogens (tertiary/aromatic N) is 1. The maximum Gasteiger partial charge on any atom is 0.188 e. The maximum atomic E-state index is 5.80. The highest BCUT2D eigenvalue weighted by Crippen LogP contribution is 2.10. The molecule has 0 aliphatic carbocycles. The Morgan fingerprint density at radius 1 is 1.27 bits per heavy atom. The number of guanidine groups is 1. The first-order valence-corrected chi connectivity index (χ1v) is 7.87. The van der Waals surface area contributed by atoms with E-state index in [0.29, 0.717) is 25.7 Å². The molecule has 0 bridgehead atoms. The molecule has 22 heavy (non-hydrogen) atoms. The Hall–Kier alpha value is -1.28. The van der Waals surface area contributed by atoms with Gasteiger partial charge in [0.05, 0.1) is 6.54 Å². The van der Waals surface area contributed by atoms with Crippen LogP contribution in [0.3, 0.4) is 0 Å². The SMILES string of the molecule is Cc1ccc(OCCNC(N)=NCCc2cccs2)cc1.I. The molecule has 0 spiro atoms. The van der Waals surface area contributed by atoms with E-state index in [1.807, 2.05) is 30.3 Å². The Balaban J connectivity index is 0.00000242. The molecule has 0 atom stereocenters. The van der Waals surface area contributed by atoms with Crippen LogP contribution in [0, 0.1) is 6.92 Å². The van der Waals surface area contributed by atoms with E-state index < -0.39 is 0 Å². The number of nitrogens with two attached hydrogens (primary N) is 1. The standard InChI is InChI=1S/C16H21N3OS.HI/c1-13-4-6-14(7-5-13)20-11-10-19-16(17)18-9-8-15-3-2-12-21-15;/h2-7,12H,8-11H2,1H3,(H3,17,18,19);1H. The number of aryl methyl sites for hydroxylation is 1. The molecule has 0 aliphatic heterocycles. The van der Waals surface area contributed by atoms with Gasteiger partial charge in [0.25, 0.3) is 0 Å². The molecule has 1 aromatic carbocycles. The summed E-state index contributed by atoms with van der Waals surface area (Å²) in [4.78, 5) is 5.62. The lowest BCUT2D eigenvalue weighted by atomic mass is 10.2. The topological polar surface area (TPSA) is 59.6 Å². The first-order chi connectivity index (χ1) is 10.2. The van der Waals surface area contributed by atoms with Crippen LogP contribution in [0.1, 0.15) is 10.4 Å². The summed E-state index contributed by atoms with van der Waals surface area (Å²) in [5, 5.41) is 5.12. The highest BCUT2D eigenvalue weighted by molar-refractivity contribution is 14.0. The van der Waals surface area contributed by atoms with Crippen LogP contribution in [0.2, 0.25) is 0 Å². The molecule has 0 radical (unpaired) electrons. The van der Waals surface area contributed by atoms with Gasteiger partial charge >= 0.3 is 0 Å². The van der Waals surface area contributed by atoms with Gasteiger partial charge in [-0.1, -0.05) is 23.8 Å². The molecule has 0 fully saturated rings. The van der Waals surface area contributed by atoms with Gasteiger partial charge in [-0.15, -0.1) is 35.3 Å². The molecule has 2 rings (SSSR count). The van der Waals surface area contributed by atoms with Crippen molar-refractivity contribution < 1.29 is 4.74 Å². The summed E-state index contributed by atoms with van der Waals surface area (Å²) in [7, 11) is 0. The van der Waals surface area contributed by atoms with E-state index in [4.69, 9.17) is 10.5 Å². The van der Waals surface area contributed by atoms with Crippen LogP contribution in [0.15, 0.2) is 46.8 Å². The van der Waals surface area contributed by atoms with Crippen molar-refractivity contribution in [2.24, 2.45) is 10.7 Å². The van der Waals surface area contributed by atoms with Gasteiger partial charge in [-0.05, 0) is 30.5 Å². The summed E-state index contributed by atoms with van der Waals surface area (Å²) < 4.78 is 5.60. The fourth-order valence-electron chi connectivity index (χ4n) is 1.78. The van der Waals surface area contributed by atoms with E-state index >= 15 is 0 Å². The molecule has 0 unspecified atom stereocenters. The van der Waals surface area contributed by atoms with Gasteiger partial charge in [-0.3, -0.25) is 4.99 Å². The second kappa shape index (κ2) is 10.4. The molecule has 4 nitrogen and oxygen atoms in total. The second-order valence-corrected chi connectivity index (χ2v) is 5.72. The number of ether oxygens (including phenoxy) is 1. The smallest absolute Gasteiger partial charge is 0.188 e. The summed E-state index contributed by atoms with van der Waals surface area (Å²) in [5.41, 5.74) is 7.02. The largest absolute Gasteiger partial charge is 0.492 e. The number of hydrogen-bond donors (Lipinski definition) is 2. The molecule has 120 valence electrons. The minimum atomic E-state index is 0. The molecule has 1 aromatic heterocycles. The zero-order valence-corrected chi connectivity index (χ0v) is 15.8. The van der Waals surface area contributed by atoms with Crippen LogP contribution in [0.4, 0.5) is 0 Å². The predicted octanol–water partition coefficient (Wildman–Crippen LogP) is 3.20. The molecule has 2 aromatic rings. The van der Waals surface area contributed by atoms with Gasteiger partial charge in [0.2, 0.25) is 0 Å². The number of rotatable bonds is 7. The van der Waals surface area contributed by atoms with Gasteiger partial charge in [0, 0.05) is 17.8 Å². The van der Waals surface area contributed by atoms with E-state index in [1.165, 1.54) is 10.4 Å². The van der Waals surface area contributed by atoms with Gasteiger partial charge in [0.15, 0.2) is 5.96 Å². The molecular weight excluding hydrogens is 409 g/mol. The van der Waals surface area contributed by atoms with Crippen LogP contribution in [0.5, 0.6) is 5.75 Å². The highest BCUT2D eigenvalue weighted by atomic mass is 127. The minimum absolute atomic E-state index is 0.